The minimum Gasteiger partial charge on any atom is -0.497 e. The number of ether oxygens (including phenoxy) is 2. The van der Waals surface area contributed by atoms with Gasteiger partial charge in [-0.05, 0) is 56.7 Å². The van der Waals surface area contributed by atoms with Gasteiger partial charge in [0, 0.05) is 37.3 Å². The highest BCUT2D eigenvalue weighted by molar-refractivity contribution is 5.82. The zero-order chi connectivity index (χ0) is 22.0. The fraction of sp³-hybridized carbons (Fsp3) is 0.417. The lowest BCUT2D eigenvalue weighted by atomic mass is 10.2. The Balaban J connectivity index is 1.46. The first-order chi connectivity index (χ1) is 14.8. The van der Waals surface area contributed by atoms with Crippen molar-refractivity contribution >= 4 is 22.7 Å². The van der Waals surface area contributed by atoms with E-state index in [9.17, 15) is 4.79 Å². The Kier molecular flexibility index (Phi) is 5.76. The molecule has 0 bridgehead atoms. The van der Waals surface area contributed by atoms with Gasteiger partial charge >= 0.3 is 6.09 Å². The lowest BCUT2D eigenvalue weighted by Crippen LogP contribution is -2.50. The molecule has 0 aliphatic carbocycles. The number of carbonyl (C=O) groups is 1. The quantitative estimate of drug-likeness (QED) is 0.632. The average molecular weight is 423 g/mol. The second-order valence-corrected chi connectivity index (χ2v) is 8.85. The fourth-order valence-corrected chi connectivity index (χ4v) is 3.76. The second-order valence-electron chi connectivity index (χ2n) is 8.85. The third-order valence-electron chi connectivity index (χ3n) is 5.42. The maximum Gasteiger partial charge on any atom is 0.410 e. The van der Waals surface area contributed by atoms with E-state index in [0.29, 0.717) is 19.6 Å². The van der Waals surface area contributed by atoms with Crippen molar-refractivity contribution in [3.63, 3.8) is 0 Å². The summed E-state index contributed by atoms with van der Waals surface area (Å²) in [6, 6.07) is 14.5. The molecule has 1 fully saturated rings. The van der Waals surface area contributed by atoms with Gasteiger partial charge in [-0.15, -0.1) is 0 Å². The van der Waals surface area contributed by atoms with E-state index in [2.05, 4.69) is 40.3 Å². The summed E-state index contributed by atoms with van der Waals surface area (Å²) >= 11 is 0. The van der Waals surface area contributed by atoms with Crippen molar-refractivity contribution in [3.05, 3.63) is 54.2 Å². The molecular weight excluding hydrogens is 392 g/mol. The Morgan fingerprint density at radius 1 is 1.03 bits per heavy atom. The number of nitrogens with zero attached hydrogens (tertiary/aromatic N) is 4. The molecule has 0 unspecified atom stereocenters. The molecule has 1 aliphatic rings. The van der Waals surface area contributed by atoms with Crippen molar-refractivity contribution in [3.8, 4) is 5.75 Å². The maximum atomic E-state index is 12.3. The number of methoxy groups -OCH3 is 1. The highest BCUT2D eigenvalue weighted by Crippen LogP contribution is 2.24. The maximum absolute atomic E-state index is 12.3. The first-order valence-electron chi connectivity index (χ1n) is 10.6. The number of fused-ring (bicyclic) bond motifs is 1. The number of anilines is 1. The van der Waals surface area contributed by atoms with Crippen LogP contribution in [0.4, 0.5) is 10.5 Å². The standard InChI is InChI=1S/C24H30N4O3/c1-24(2,3)31-23(29)27-13-11-26(12-14-27)20-8-7-19-16-25-28(22(19)15-20)17-18-5-9-21(30-4)10-6-18/h5-10,15-16H,11-14,17H2,1-4H3. The van der Waals surface area contributed by atoms with Gasteiger partial charge in [0.05, 0.1) is 25.4 Å². The first kappa shape index (κ1) is 21.0. The van der Waals surface area contributed by atoms with Gasteiger partial charge in [-0.1, -0.05) is 12.1 Å². The summed E-state index contributed by atoms with van der Waals surface area (Å²) in [4.78, 5) is 16.4. The van der Waals surface area contributed by atoms with Crippen molar-refractivity contribution in [2.24, 2.45) is 0 Å². The number of piperazine rings is 1. The molecule has 0 atom stereocenters. The molecule has 4 rings (SSSR count). The van der Waals surface area contributed by atoms with Gasteiger partial charge in [-0.25, -0.2) is 4.79 Å². The SMILES string of the molecule is COc1ccc(Cn2ncc3ccc(N4CCN(C(=O)OC(C)(C)C)CC4)cc32)cc1. The number of aromatic nitrogens is 2. The van der Waals surface area contributed by atoms with Crippen LogP contribution in [0.1, 0.15) is 26.3 Å². The van der Waals surface area contributed by atoms with E-state index >= 15 is 0 Å². The fourth-order valence-electron chi connectivity index (χ4n) is 3.76. The predicted molar refractivity (Wildman–Crippen MR) is 122 cm³/mol. The van der Waals surface area contributed by atoms with Crippen LogP contribution >= 0.6 is 0 Å². The summed E-state index contributed by atoms with van der Waals surface area (Å²) in [5.74, 6) is 0.849. The molecular formula is C24H30N4O3. The number of carbonyl (C=O) groups excluding carboxylic acids is 1. The Labute approximate surface area is 183 Å². The largest absolute Gasteiger partial charge is 0.497 e. The Hall–Kier alpha value is -3.22. The number of rotatable bonds is 4. The molecule has 1 aliphatic heterocycles. The summed E-state index contributed by atoms with van der Waals surface area (Å²) in [5.41, 5.74) is 2.94. The summed E-state index contributed by atoms with van der Waals surface area (Å²) in [5, 5.41) is 5.70. The average Bonchev–Trinajstić information content (AvgIpc) is 3.15. The topological polar surface area (TPSA) is 59.8 Å². The lowest BCUT2D eigenvalue weighted by Gasteiger charge is -2.36. The molecule has 0 spiro atoms. The molecule has 164 valence electrons. The molecule has 7 nitrogen and oxygen atoms in total. The van der Waals surface area contributed by atoms with Gasteiger partial charge in [0.1, 0.15) is 11.4 Å². The Morgan fingerprint density at radius 3 is 2.39 bits per heavy atom. The van der Waals surface area contributed by atoms with E-state index in [0.717, 1.165) is 35.4 Å². The summed E-state index contributed by atoms with van der Waals surface area (Å²) in [7, 11) is 1.67. The van der Waals surface area contributed by atoms with Crippen LogP contribution in [0, 0.1) is 0 Å². The minimum atomic E-state index is -0.471. The van der Waals surface area contributed by atoms with E-state index < -0.39 is 5.60 Å². The van der Waals surface area contributed by atoms with Gasteiger partial charge in [-0.2, -0.15) is 5.10 Å². The van der Waals surface area contributed by atoms with Crippen LogP contribution in [-0.2, 0) is 11.3 Å². The van der Waals surface area contributed by atoms with Gasteiger partial charge in [0.25, 0.3) is 0 Å². The number of hydrogen-bond acceptors (Lipinski definition) is 5. The zero-order valence-corrected chi connectivity index (χ0v) is 18.7. The Bertz CT molecular complexity index is 1040. The molecule has 0 N–H and O–H groups in total. The molecule has 0 saturated carbocycles. The van der Waals surface area contributed by atoms with Crippen LogP contribution < -0.4 is 9.64 Å². The third kappa shape index (κ3) is 4.93. The van der Waals surface area contributed by atoms with Gasteiger partial charge in [0.15, 0.2) is 0 Å². The number of amides is 1. The van der Waals surface area contributed by atoms with Crippen LogP contribution in [0.15, 0.2) is 48.7 Å². The van der Waals surface area contributed by atoms with Gasteiger partial charge in [-0.3, -0.25) is 4.68 Å². The highest BCUT2D eigenvalue weighted by Gasteiger charge is 2.26. The summed E-state index contributed by atoms with van der Waals surface area (Å²) in [6.45, 7) is 9.23. The minimum absolute atomic E-state index is 0.236. The van der Waals surface area contributed by atoms with Crippen LogP contribution in [0.3, 0.4) is 0 Å². The van der Waals surface area contributed by atoms with E-state index in [4.69, 9.17) is 9.47 Å². The van der Waals surface area contributed by atoms with Gasteiger partial charge in [0.2, 0.25) is 0 Å². The van der Waals surface area contributed by atoms with Crippen molar-refractivity contribution < 1.29 is 14.3 Å². The van der Waals surface area contributed by atoms with Crippen molar-refractivity contribution in [1.29, 1.82) is 0 Å². The Morgan fingerprint density at radius 2 is 1.74 bits per heavy atom. The molecule has 0 radical (unpaired) electrons. The third-order valence-corrected chi connectivity index (χ3v) is 5.42. The van der Waals surface area contributed by atoms with E-state index in [1.165, 1.54) is 5.56 Å². The molecule has 2 heterocycles. The van der Waals surface area contributed by atoms with Crippen LogP contribution in [0.2, 0.25) is 0 Å². The van der Waals surface area contributed by atoms with Crippen LogP contribution in [-0.4, -0.2) is 59.7 Å². The van der Waals surface area contributed by atoms with E-state index in [-0.39, 0.29) is 6.09 Å². The molecule has 1 aromatic heterocycles. The van der Waals surface area contributed by atoms with Crippen molar-refractivity contribution in [1.82, 2.24) is 14.7 Å². The van der Waals surface area contributed by atoms with Gasteiger partial charge < -0.3 is 19.3 Å². The highest BCUT2D eigenvalue weighted by atomic mass is 16.6. The molecule has 3 aromatic rings. The first-order valence-corrected chi connectivity index (χ1v) is 10.6. The molecule has 31 heavy (non-hydrogen) atoms. The normalized spacial score (nSPS) is 14.7. The monoisotopic (exact) mass is 422 g/mol. The van der Waals surface area contributed by atoms with Crippen LogP contribution in [0.5, 0.6) is 5.75 Å². The molecule has 1 amide bonds. The molecule has 7 heteroatoms. The van der Waals surface area contributed by atoms with Crippen molar-refractivity contribution in [2.75, 3.05) is 38.2 Å². The zero-order valence-electron chi connectivity index (χ0n) is 18.7. The number of hydrogen-bond donors (Lipinski definition) is 0. The second kappa shape index (κ2) is 8.49. The molecule has 1 saturated heterocycles. The smallest absolute Gasteiger partial charge is 0.410 e. The summed E-state index contributed by atoms with van der Waals surface area (Å²) in [6.07, 6.45) is 1.67. The summed E-state index contributed by atoms with van der Waals surface area (Å²) < 4.78 is 12.8. The van der Waals surface area contributed by atoms with E-state index in [1.54, 1.807) is 12.0 Å². The lowest BCUT2D eigenvalue weighted by molar-refractivity contribution is 0.0240. The van der Waals surface area contributed by atoms with Crippen LogP contribution in [0.25, 0.3) is 10.9 Å². The predicted octanol–water partition coefficient (Wildman–Crippen LogP) is 4.15. The van der Waals surface area contributed by atoms with E-state index in [1.807, 2.05) is 43.8 Å². The van der Waals surface area contributed by atoms with Crippen molar-refractivity contribution in [2.45, 2.75) is 32.9 Å². The molecule has 2 aromatic carbocycles. The number of benzene rings is 2.